The predicted molar refractivity (Wildman–Crippen MR) is 66.1 cm³/mol. The highest BCUT2D eigenvalue weighted by molar-refractivity contribution is 9.10. The number of nitrogens with one attached hydrogen (secondary N) is 1. The lowest BCUT2D eigenvalue weighted by molar-refractivity contribution is -0.121. The van der Waals surface area contributed by atoms with Gasteiger partial charge in [-0.2, -0.15) is 0 Å². The van der Waals surface area contributed by atoms with E-state index in [1.165, 1.54) is 0 Å². The molecule has 1 amide bonds. The monoisotopic (exact) mass is 281 g/mol. The second-order valence-electron chi connectivity index (χ2n) is 3.04. The van der Waals surface area contributed by atoms with Crippen molar-refractivity contribution in [2.24, 2.45) is 0 Å². The third-order valence-corrected chi connectivity index (χ3v) is 2.27. The van der Waals surface area contributed by atoms with Crippen LogP contribution in [0.15, 0.2) is 28.7 Å². The zero-order chi connectivity index (χ0) is 11.8. The van der Waals surface area contributed by atoms with Crippen LogP contribution in [-0.4, -0.2) is 19.1 Å². The maximum atomic E-state index is 11.2. The van der Waals surface area contributed by atoms with E-state index in [-0.39, 0.29) is 12.5 Å². The Morgan fingerprint density at radius 2 is 2.38 bits per heavy atom. The Balaban J connectivity index is 2.26. The third kappa shape index (κ3) is 4.85. The fourth-order valence-corrected chi connectivity index (χ4v) is 1.43. The molecule has 1 rings (SSSR count). The number of halogens is 1. The molecule has 0 saturated heterocycles. The normalized spacial score (nSPS) is 9.25. The Labute approximate surface area is 103 Å². The van der Waals surface area contributed by atoms with Gasteiger partial charge >= 0.3 is 0 Å². The first kappa shape index (κ1) is 12.6. The Hall–Kier alpha value is -1.47. The Morgan fingerprint density at radius 3 is 3.06 bits per heavy atom. The summed E-state index contributed by atoms with van der Waals surface area (Å²) in [5.74, 6) is 2.97. The summed E-state index contributed by atoms with van der Waals surface area (Å²) in [5.41, 5.74) is 0. The van der Waals surface area contributed by atoms with Crippen molar-refractivity contribution in [2.45, 2.75) is 6.42 Å². The van der Waals surface area contributed by atoms with Crippen molar-refractivity contribution in [2.75, 3.05) is 13.2 Å². The molecule has 0 aliphatic rings. The lowest BCUT2D eigenvalue weighted by Crippen LogP contribution is -2.25. The lowest BCUT2D eigenvalue weighted by atomic mass is 10.3. The standard InChI is InChI=1S/C12H12BrNO2/c1-2-7-14-12(15)6-8-16-11-5-3-4-10(13)9-11/h1,3-5,9H,6-8H2,(H,14,15). The highest BCUT2D eigenvalue weighted by Gasteiger charge is 2.00. The van der Waals surface area contributed by atoms with E-state index in [1.54, 1.807) is 0 Å². The minimum absolute atomic E-state index is 0.104. The summed E-state index contributed by atoms with van der Waals surface area (Å²) in [6, 6.07) is 7.47. The van der Waals surface area contributed by atoms with E-state index in [4.69, 9.17) is 11.2 Å². The van der Waals surface area contributed by atoms with Crippen LogP contribution in [0.1, 0.15) is 6.42 Å². The van der Waals surface area contributed by atoms with Crippen molar-refractivity contribution >= 4 is 21.8 Å². The Morgan fingerprint density at radius 1 is 1.56 bits per heavy atom. The van der Waals surface area contributed by atoms with Gasteiger partial charge in [-0.1, -0.05) is 27.9 Å². The van der Waals surface area contributed by atoms with E-state index >= 15 is 0 Å². The molecule has 0 unspecified atom stereocenters. The maximum absolute atomic E-state index is 11.2. The average Bonchev–Trinajstić information content (AvgIpc) is 2.26. The van der Waals surface area contributed by atoms with Crippen LogP contribution in [0.2, 0.25) is 0 Å². The van der Waals surface area contributed by atoms with Gasteiger partial charge in [-0.05, 0) is 18.2 Å². The molecule has 1 aromatic carbocycles. The molecule has 0 radical (unpaired) electrons. The van der Waals surface area contributed by atoms with E-state index in [2.05, 4.69) is 27.2 Å². The second-order valence-corrected chi connectivity index (χ2v) is 3.95. The van der Waals surface area contributed by atoms with Crippen molar-refractivity contribution in [1.29, 1.82) is 0 Å². The zero-order valence-corrected chi connectivity index (χ0v) is 10.3. The molecule has 0 bridgehead atoms. The number of rotatable bonds is 5. The van der Waals surface area contributed by atoms with Gasteiger partial charge < -0.3 is 10.1 Å². The number of hydrogen-bond acceptors (Lipinski definition) is 2. The van der Waals surface area contributed by atoms with Crippen LogP contribution in [0, 0.1) is 12.3 Å². The topological polar surface area (TPSA) is 38.3 Å². The fourth-order valence-electron chi connectivity index (χ4n) is 1.06. The summed E-state index contributed by atoms with van der Waals surface area (Å²) in [6.07, 6.45) is 5.31. The quantitative estimate of drug-likeness (QED) is 0.838. The number of benzene rings is 1. The maximum Gasteiger partial charge on any atom is 0.224 e. The fraction of sp³-hybridized carbons (Fsp3) is 0.250. The summed E-state index contributed by atoms with van der Waals surface area (Å²) in [4.78, 5) is 11.2. The molecule has 0 aromatic heterocycles. The summed E-state index contributed by atoms with van der Waals surface area (Å²) >= 11 is 3.34. The minimum Gasteiger partial charge on any atom is -0.493 e. The number of hydrogen-bond donors (Lipinski definition) is 1. The van der Waals surface area contributed by atoms with Gasteiger partial charge in [0.2, 0.25) is 5.91 Å². The Bertz CT molecular complexity index is 398. The summed E-state index contributed by atoms with van der Waals surface area (Å²) in [6.45, 7) is 0.600. The number of carbonyl (C=O) groups excluding carboxylic acids is 1. The van der Waals surface area contributed by atoms with Crippen LogP contribution in [0.25, 0.3) is 0 Å². The molecule has 4 heteroatoms. The molecular weight excluding hydrogens is 270 g/mol. The number of carbonyl (C=O) groups is 1. The van der Waals surface area contributed by atoms with E-state index in [0.29, 0.717) is 13.0 Å². The smallest absolute Gasteiger partial charge is 0.224 e. The largest absolute Gasteiger partial charge is 0.493 e. The third-order valence-electron chi connectivity index (χ3n) is 1.78. The first-order chi connectivity index (χ1) is 7.72. The van der Waals surface area contributed by atoms with Gasteiger partial charge in [0.15, 0.2) is 0 Å². The Kier molecular flexibility index (Phi) is 5.44. The summed E-state index contributed by atoms with van der Waals surface area (Å²) in [7, 11) is 0. The second kappa shape index (κ2) is 6.91. The SMILES string of the molecule is C#CCNC(=O)CCOc1cccc(Br)c1. The van der Waals surface area contributed by atoms with E-state index in [9.17, 15) is 4.79 Å². The van der Waals surface area contributed by atoms with Crippen molar-refractivity contribution in [3.63, 3.8) is 0 Å². The molecule has 3 nitrogen and oxygen atoms in total. The van der Waals surface area contributed by atoms with E-state index in [1.807, 2.05) is 24.3 Å². The van der Waals surface area contributed by atoms with Crippen LogP contribution in [0.5, 0.6) is 5.75 Å². The number of terminal acetylenes is 1. The van der Waals surface area contributed by atoms with Crippen molar-refractivity contribution in [3.05, 3.63) is 28.7 Å². The van der Waals surface area contributed by atoms with Crippen LogP contribution >= 0.6 is 15.9 Å². The molecule has 0 saturated carbocycles. The van der Waals surface area contributed by atoms with Crippen molar-refractivity contribution in [3.8, 4) is 18.1 Å². The predicted octanol–water partition coefficient (Wildman–Crippen LogP) is 1.97. The molecule has 0 atom stereocenters. The van der Waals surface area contributed by atoms with Crippen LogP contribution in [0.3, 0.4) is 0 Å². The first-order valence-electron chi connectivity index (χ1n) is 4.81. The van der Waals surface area contributed by atoms with Gasteiger partial charge in [-0.3, -0.25) is 4.79 Å². The van der Waals surface area contributed by atoms with Gasteiger partial charge in [0.25, 0.3) is 0 Å². The molecule has 1 aromatic rings. The summed E-state index contributed by atoms with van der Waals surface area (Å²) in [5, 5.41) is 2.57. The zero-order valence-electron chi connectivity index (χ0n) is 8.70. The molecular formula is C12H12BrNO2. The molecule has 0 fully saturated rings. The highest BCUT2D eigenvalue weighted by atomic mass is 79.9. The van der Waals surface area contributed by atoms with Crippen molar-refractivity contribution < 1.29 is 9.53 Å². The van der Waals surface area contributed by atoms with Gasteiger partial charge in [-0.15, -0.1) is 6.42 Å². The molecule has 0 aliphatic carbocycles. The highest BCUT2D eigenvalue weighted by Crippen LogP contribution is 2.17. The first-order valence-corrected chi connectivity index (χ1v) is 5.60. The lowest BCUT2D eigenvalue weighted by Gasteiger charge is -2.06. The average molecular weight is 282 g/mol. The molecule has 16 heavy (non-hydrogen) atoms. The van der Waals surface area contributed by atoms with E-state index in [0.717, 1.165) is 10.2 Å². The van der Waals surface area contributed by atoms with Crippen LogP contribution in [0.4, 0.5) is 0 Å². The van der Waals surface area contributed by atoms with Gasteiger partial charge in [0.1, 0.15) is 5.75 Å². The molecule has 84 valence electrons. The molecule has 1 N–H and O–H groups in total. The van der Waals surface area contributed by atoms with Gasteiger partial charge in [0, 0.05) is 4.47 Å². The van der Waals surface area contributed by atoms with Crippen LogP contribution in [-0.2, 0) is 4.79 Å². The van der Waals surface area contributed by atoms with Crippen molar-refractivity contribution in [1.82, 2.24) is 5.32 Å². The molecule has 0 spiro atoms. The van der Waals surface area contributed by atoms with Gasteiger partial charge in [0.05, 0.1) is 19.6 Å². The number of ether oxygens (including phenoxy) is 1. The summed E-state index contributed by atoms with van der Waals surface area (Å²) < 4.78 is 6.34. The minimum atomic E-state index is -0.104. The molecule has 0 heterocycles. The number of amides is 1. The van der Waals surface area contributed by atoms with E-state index < -0.39 is 0 Å². The molecule has 0 aliphatic heterocycles. The van der Waals surface area contributed by atoms with Crippen LogP contribution < -0.4 is 10.1 Å². The van der Waals surface area contributed by atoms with Gasteiger partial charge in [-0.25, -0.2) is 0 Å².